The van der Waals surface area contributed by atoms with E-state index < -0.39 is 11.4 Å². The molecule has 8 heteroatoms. The first-order valence-electron chi connectivity index (χ1n) is 9.42. The van der Waals surface area contributed by atoms with Crippen LogP contribution in [0.25, 0.3) is 11.0 Å². The van der Waals surface area contributed by atoms with Gasteiger partial charge in [0.25, 0.3) is 0 Å². The maximum absolute atomic E-state index is 11.9. The number of imide groups is 1. The summed E-state index contributed by atoms with van der Waals surface area (Å²) >= 11 is 0. The minimum atomic E-state index is -0.648. The molecule has 0 fully saturated rings. The van der Waals surface area contributed by atoms with Gasteiger partial charge in [-0.15, -0.1) is 0 Å². The summed E-state index contributed by atoms with van der Waals surface area (Å²) in [7, 11) is 0. The number of amides is 3. The van der Waals surface area contributed by atoms with Crippen LogP contribution in [0.15, 0.2) is 36.8 Å². The normalized spacial score (nSPS) is 11.3. The van der Waals surface area contributed by atoms with Crippen LogP contribution < -0.4 is 15.4 Å². The first kappa shape index (κ1) is 20.3. The van der Waals surface area contributed by atoms with Crippen molar-refractivity contribution in [2.75, 3.05) is 11.9 Å². The van der Waals surface area contributed by atoms with Gasteiger partial charge in [-0.25, -0.2) is 14.8 Å². The highest BCUT2D eigenvalue weighted by molar-refractivity contribution is 6.02. The van der Waals surface area contributed by atoms with Crippen LogP contribution in [0.1, 0.15) is 38.8 Å². The van der Waals surface area contributed by atoms with Crippen molar-refractivity contribution in [2.45, 2.75) is 34.1 Å². The number of nitrogens with one attached hydrogen (secondary N) is 3. The van der Waals surface area contributed by atoms with Gasteiger partial charge >= 0.3 is 6.03 Å². The van der Waals surface area contributed by atoms with Gasteiger partial charge in [0.2, 0.25) is 5.91 Å². The molecule has 0 bridgehead atoms. The van der Waals surface area contributed by atoms with Gasteiger partial charge < -0.3 is 9.72 Å². The molecule has 0 saturated carbocycles. The van der Waals surface area contributed by atoms with Crippen LogP contribution in [0, 0.1) is 5.41 Å². The standard InChI is InChI=1S/C21H25N5O3/c1-5-29-15-9-16-14(11-23-18(16)24-12-15)8-13-6-7-17(22-10-13)25-20(28)26-19(27)21(2,3)4/h6-7,9-12H,5,8H2,1-4H3,(H,23,24)(H2,22,25,26,27,28). The summed E-state index contributed by atoms with van der Waals surface area (Å²) in [6.45, 7) is 7.73. The van der Waals surface area contributed by atoms with Crippen LogP contribution in [0.4, 0.5) is 10.6 Å². The zero-order valence-electron chi connectivity index (χ0n) is 17.0. The Kier molecular flexibility index (Phi) is 5.81. The van der Waals surface area contributed by atoms with Crippen molar-refractivity contribution in [3.8, 4) is 5.75 Å². The highest BCUT2D eigenvalue weighted by Gasteiger charge is 2.23. The summed E-state index contributed by atoms with van der Waals surface area (Å²) in [5, 5.41) is 5.87. The predicted octanol–water partition coefficient (Wildman–Crippen LogP) is 3.64. The van der Waals surface area contributed by atoms with Crippen molar-refractivity contribution in [3.63, 3.8) is 0 Å². The summed E-state index contributed by atoms with van der Waals surface area (Å²) in [5.41, 5.74) is 2.20. The number of rotatable bonds is 5. The van der Waals surface area contributed by atoms with Gasteiger partial charge in [0.05, 0.1) is 12.8 Å². The molecule has 3 aromatic heterocycles. The van der Waals surface area contributed by atoms with E-state index in [1.165, 1.54) is 0 Å². The van der Waals surface area contributed by atoms with Gasteiger partial charge in [-0.1, -0.05) is 26.8 Å². The Bertz CT molecular complexity index is 1020. The molecule has 29 heavy (non-hydrogen) atoms. The lowest BCUT2D eigenvalue weighted by molar-refractivity contribution is -0.127. The Hall–Kier alpha value is -3.42. The lowest BCUT2D eigenvalue weighted by Gasteiger charge is -2.16. The van der Waals surface area contributed by atoms with E-state index in [9.17, 15) is 9.59 Å². The Morgan fingerprint density at radius 2 is 1.97 bits per heavy atom. The number of fused-ring (bicyclic) bond motifs is 1. The summed E-state index contributed by atoms with van der Waals surface area (Å²) in [6, 6.07) is 4.95. The van der Waals surface area contributed by atoms with E-state index in [1.807, 2.05) is 25.3 Å². The van der Waals surface area contributed by atoms with E-state index in [2.05, 4.69) is 25.6 Å². The molecule has 0 aliphatic heterocycles. The molecule has 0 aromatic carbocycles. The molecule has 0 radical (unpaired) electrons. The number of urea groups is 1. The van der Waals surface area contributed by atoms with Gasteiger partial charge in [-0.3, -0.25) is 15.4 Å². The number of carbonyl (C=O) groups excluding carboxylic acids is 2. The average molecular weight is 395 g/mol. The second kappa shape index (κ2) is 8.30. The highest BCUT2D eigenvalue weighted by Crippen LogP contribution is 2.24. The highest BCUT2D eigenvalue weighted by atomic mass is 16.5. The maximum atomic E-state index is 11.9. The zero-order valence-corrected chi connectivity index (χ0v) is 17.0. The van der Waals surface area contributed by atoms with E-state index in [-0.39, 0.29) is 5.91 Å². The van der Waals surface area contributed by atoms with Crippen molar-refractivity contribution >= 4 is 28.8 Å². The summed E-state index contributed by atoms with van der Waals surface area (Å²) in [6.07, 6.45) is 5.97. The summed E-state index contributed by atoms with van der Waals surface area (Å²) in [4.78, 5) is 35.6. The van der Waals surface area contributed by atoms with Gasteiger partial charge in [0, 0.05) is 29.6 Å². The molecule has 3 amide bonds. The molecule has 0 spiro atoms. The fraction of sp³-hybridized carbons (Fsp3) is 0.333. The molecule has 0 aliphatic rings. The number of hydrogen-bond donors (Lipinski definition) is 3. The SMILES string of the molecule is CCOc1cnc2[nH]cc(Cc3ccc(NC(=O)NC(=O)C(C)(C)C)nc3)c2c1. The minimum absolute atomic E-state index is 0.356. The number of aromatic amines is 1. The molecule has 152 valence electrons. The van der Waals surface area contributed by atoms with Crippen LogP contribution >= 0.6 is 0 Å². The number of H-pyrrole nitrogens is 1. The molecule has 0 aliphatic carbocycles. The van der Waals surface area contributed by atoms with Gasteiger partial charge in [-0.2, -0.15) is 0 Å². The van der Waals surface area contributed by atoms with Crippen molar-refractivity contribution in [3.05, 3.63) is 47.9 Å². The van der Waals surface area contributed by atoms with Crippen LogP contribution in [-0.2, 0) is 11.2 Å². The predicted molar refractivity (Wildman–Crippen MR) is 111 cm³/mol. The summed E-state index contributed by atoms with van der Waals surface area (Å²) < 4.78 is 5.53. The fourth-order valence-corrected chi connectivity index (χ4v) is 2.69. The maximum Gasteiger partial charge on any atom is 0.327 e. The number of pyridine rings is 2. The number of hydrogen-bond acceptors (Lipinski definition) is 5. The quantitative estimate of drug-likeness (QED) is 0.611. The largest absolute Gasteiger partial charge is 0.492 e. The first-order chi connectivity index (χ1) is 13.8. The Balaban J connectivity index is 1.66. The molecule has 0 saturated heterocycles. The molecule has 3 aromatic rings. The summed E-state index contributed by atoms with van der Waals surface area (Å²) in [5.74, 6) is 0.743. The lowest BCUT2D eigenvalue weighted by atomic mass is 9.96. The van der Waals surface area contributed by atoms with E-state index in [0.717, 1.165) is 27.9 Å². The van der Waals surface area contributed by atoms with Crippen molar-refractivity contribution < 1.29 is 14.3 Å². The van der Waals surface area contributed by atoms with Crippen molar-refractivity contribution in [2.24, 2.45) is 5.41 Å². The van der Waals surface area contributed by atoms with Crippen molar-refractivity contribution in [1.82, 2.24) is 20.3 Å². The monoisotopic (exact) mass is 395 g/mol. The van der Waals surface area contributed by atoms with E-state index >= 15 is 0 Å². The van der Waals surface area contributed by atoms with Gasteiger partial charge in [-0.05, 0) is 30.2 Å². The molecule has 3 N–H and O–H groups in total. The number of anilines is 1. The van der Waals surface area contributed by atoms with Gasteiger partial charge in [0.15, 0.2) is 0 Å². The molecular formula is C21H25N5O3. The second-order valence-electron chi connectivity index (χ2n) is 7.70. The van der Waals surface area contributed by atoms with E-state index in [1.54, 1.807) is 39.2 Å². The molecular weight excluding hydrogens is 370 g/mol. The Morgan fingerprint density at radius 1 is 1.17 bits per heavy atom. The Morgan fingerprint density at radius 3 is 2.62 bits per heavy atom. The third kappa shape index (κ3) is 5.10. The molecule has 3 rings (SSSR count). The molecule has 0 atom stereocenters. The number of nitrogens with zero attached hydrogens (tertiary/aromatic N) is 2. The third-order valence-corrected chi connectivity index (χ3v) is 4.27. The van der Waals surface area contributed by atoms with E-state index in [4.69, 9.17) is 4.74 Å². The van der Waals surface area contributed by atoms with Crippen LogP contribution in [-0.4, -0.2) is 33.5 Å². The van der Waals surface area contributed by atoms with Crippen LogP contribution in [0.5, 0.6) is 5.75 Å². The van der Waals surface area contributed by atoms with Crippen molar-refractivity contribution in [1.29, 1.82) is 0 Å². The number of ether oxygens (including phenoxy) is 1. The Labute approximate surface area is 169 Å². The topological polar surface area (TPSA) is 109 Å². The number of aromatic nitrogens is 3. The average Bonchev–Trinajstić information content (AvgIpc) is 3.05. The fourth-order valence-electron chi connectivity index (χ4n) is 2.69. The molecule has 3 heterocycles. The van der Waals surface area contributed by atoms with Gasteiger partial charge in [0.1, 0.15) is 17.2 Å². The zero-order chi connectivity index (χ0) is 21.0. The van der Waals surface area contributed by atoms with Crippen LogP contribution in [0.3, 0.4) is 0 Å². The smallest absolute Gasteiger partial charge is 0.327 e. The third-order valence-electron chi connectivity index (χ3n) is 4.27. The number of carbonyl (C=O) groups is 2. The second-order valence-corrected chi connectivity index (χ2v) is 7.70. The first-order valence-corrected chi connectivity index (χ1v) is 9.42. The van der Waals surface area contributed by atoms with E-state index in [0.29, 0.717) is 18.8 Å². The minimum Gasteiger partial charge on any atom is -0.492 e. The van der Waals surface area contributed by atoms with Crippen LogP contribution in [0.2, 0.25) is 0 Å². The lowest BCUT2D eigenvalue weighted by Crippen LogP contribution is -2.41. The molecule has 8 nitrogen and oxygen atoms in total. The molecule has 0 unspecified atom stereocenters.